The van der Waals surface area contributed by atoms with Crippen molar-refractivity contribution in [2.75, 3.05) is 19.5 Å². The molecule has 100 valence electrons. The predicted octanol–water partition coefficient (Wildman–Crippen LogP) is 1.83. The fourth-order valence-electron chi connectivity index (χ4n) is 1.86. The zero-order valence-corrected chi connectivity index (χ0v) is 11.3. The van der Waals surface area contributed by atoms with Crippen molar-refractivity contribution < 1.29 is 17.9 Å². The highest BCUT2D eigenvalue weighted by Crippen LogP contribution is 2.19. The predicted molar refractivity (Wildman–Crippen MR) is 72.9 cm³/mol. The summed E-state index contributed by atoms with van der Waals surface area (Å²) in [7, 11) is -2.24. The number of carbonyl (C=O) groups excluding carboxylic acids is 1. The molecule has 19 heavy (non-hydrogen) atoms. The zero-order chi connectivity index (χ0) is 13.9. The molecule has 0 aliphatic carbocycles. The van der Waals surface area contributed by atoms with Gasteiger partial charge in [0.25, 0.3) is 0 Å². The molecule has 0 amide bonds. The lowest BCUT2D eigenvalue weighted by atomic mass is 10.1. The Balaban J connectivity index is 2.35. The second-order valence-corrected chi connectivity index (χ2v) is 6.23. The maximum absolute atomic E-state index is 12.1. The number of carbonyl (C=O) groups is 1. The number of fused-ring (bicyclic) bond motifs is 1. The molecule has 0 saturated carbocycles. The van der Waals surface area contributed by atoms with E-state index in [1.807, 2.05) is 24.3 Å². The molecule has 0 spiro atoms. The van der Waals surface area contributed by atoms with Gasteiger partial charge >= 0.3 is 0 Å². The standard InChI is InChI=1S/C14H14O4S/c1-18-9-13(15)10-19(16,17)14-7-6-11-4-2-3-5-12(11)8-14/h2-8H,9-10H2,1H3. The van der Waals surface area contributed by atoms with E-state index in [0.29, 0.717) is 0 Å². The van der Waals surface area contributed by atoms with E-state index in [9.17, 15) is 13.2 Å². The largest absolute Gasteiger partial charge is 0.377 e. The maximum atomic E-state index is 12.1. The van der Waals surface area contributed by atoms with Crippen LogP contribution in [0.2, 0.25) is 0 Å². The van der Waals surface area contributed by atoms with Crippen LogP contribution in [0.5, 0.6) is 0 Å². The summed E-state index contributed by atoms with van der Waals surface area (Å²) in [6.07, 6.45) is 0. The molecule has 0 saturated heterocycles. The van der Waals surface area contributed by atoms with Crippen LogP contribution in [0.15, 0.2) is 47.4 Å². The Morgan fingerprint density at radius 1 is 1.11 bits per heavy atom. The van der Waals surface area contributed by atoms with Crippen molar-refractivity contribution in [1.29, 1.82) is 0 Å². The number of rotatable bonds is 5. The van der Waals surface area contributed by atoms with Crippen molar-refractivity contribution in [3.8, 4) is 0 Å². The van der Waals surface area contributed by atoms with E-state index >= 15 is 0 Å². The summed E-state index contributed by atoms with van der Waals surface area (Å²) in [6, 6.07) is 12.3. The molecular weight excluding hydrogens is 264 g/mol. The van der Waals surface area contributed by atoms with Crippen LogP contribution in [-0.2, 0) is 19.4 Å². The second-order valence-electron chi connectivity index (χ2n) is 4.24. The van der Waals surface area contributed by atoms with E-state index in [-0.39, 0.29) is 11.5 Å². The van der Waals surface area contributed by atoms with E-state index < -0.39 is 21.4 Å². The summed E-state index contributed by atoms with van der Waals surface area (Å²) in [4.78, 5) is 11.6. The first-order valence-corrected chi connectivity index (χ1v) is 7.40. The van der Waals surface area contributed by atoms with Crippen molar-refractivity contribution in [3.63, 3.8) is 0 Å². The third-order valence-electron chi connectivity index (χ3n) is 2.74. The first-order valence-electron chi connectivity index (χ1n) is 5.75. The molecule has 0 aromatic heterocycles. The zero-order valence-electron chi connectivity index (χ0n) is 10.5. The van der Waals surface area contributed by atoms with E-state index in [1.54, 1.807) is 12.1 Å². The van der Waals surface area contributed by atoms with Gasteiger partial charge in [-0.3, -0.25) is 4.79 Å². The molecule has 0 fully saturated rings. The van der Waals surface area contributed by atoms with Crippen LogP contribution in [-0.4, -0.2) is 33.7 Å². The number of ketones is 1. The smallest absolute Gasteiger partial charge is 0.185 e. The third-order valence-corrected chi connectivity index (χ3v) is 4.41. The van der Waals surface area contributed by atoms with Crippen molar-refractivity contribution in [1.82, 2.24) is 0 Å². The monoisotopic (exact) mass is 278 g/mol. The van der Waals surface area contributed by atoms with E-state index in [4.69, 9.17) is 0 Å². The van der Waals surface area contributed by atoms with Gasteiger partial charge in [0.1, 0.15) is 12.4 Å². The van der Waals surface area contributed by atoms with Gasteiger partial charge < -0.3 is 4.74 Å². The molecule has 2 aromatic rings. The Kier molecular flexibility index (Phi) is 3.97. The van der Waals surface area contributed by atoms with E-state index in [2.05, 4.69) is 4.74 Å². The van der Waals surface area contributed by atoms with Crippen molar-refractivity contribution in [2.45, 2.75) is 4.90 Å². The normalized spacial score (nSPS) is 11.6. The Labute approximate surface area is 111 Å². The van der Waals surface area contributed by atoms with Crippen molar-refractivity contribution in [3.05, 3.63) is 42.5 Å². The fraction of sp³-hybridized carbons (Fsp3) is 0.214. The number of benzene rings is 2. The van der Waals surface area contributed by atoms with Crippen LogP contribution in [0.4, 0.5) is 0 Å². The molecule has 0 N–H and O–H groups in total. The molecule has 2 aromatic carbocycles. The minimum Gasteiger partial charge on any atom is -0.377 e. The van der Waals surface area contributed by atoms with E-state index in [0.717, 1.165) is 10.8 Å². The highest BCUT2D eigenvalue weighted by Gasteiger charge is 2.19. The Hall–Kier alpha value is -1.72. The average molecular weight is 278 g/mol. The topological polar surface area (TPSA) is 60.4 Å². The molecular formula is C14H14O4S. The molecule has 0 unspecified atom stereocenters. The molecule has 0 aliphatic rings. The minimum atomic E-state index is -3.60. The lowest BCUT2D eigenvalue weighted by Crippen LogP contribution is -2.19. The van der Waals surface area contributed by atoms with Gasteiger partial charge in [0, 0.05) is 7.11 Å². The van der Waals surface area contributed by atoms with Gasteiger partial charge in [0.05, 0.1) is 4.90 Å². The summed E-state index contributed by atoms with van der Waals surface area (Å²) in [6.45, 7) is -0.188. The van der Waals surface area contributed by atoms with Gasteiger partial charge in [-0.15, -0.1) is 0 Å². The quantitative estimate of drug-likeness (QED) is 0.837. The Bertz CT molecular complexity index is 704. The average Bonchev–Trinajstić information content (AvgIpc) is 2.37. The van der Waals surface area contributed by atoms with Gasteiger partial charge in [0.2, 0.25) is 0 Å². The van der Waals surface area contributed by atoms with Gasteiger partial charge in [-0.05, 0) is 22.9 Å². The molecule has 5 heteroatoms. The molecule has 0 atom stereocenters. The number of Topliss-reactive ketones (excluding diaryl/α,β-unsaturated/α-hetero) is 1. The van der Waals surface area contributed by atoms with E-state index in [1.165, 1.54) is 13.2 Å². The third kappa shape index (κ3) is 3.19. The molecule has 0 bridgehead atoms. The Morgan fingerprint density at radius 2 is 1.79 bits per heavy atom. The van der Waals surface area contributed by atoms with Gasteiger partial charge in [-0.25, -0.2) is 8.42 Å². The van der Waals surface area contributed by atoms with Gasteiger partial charge in [-0.2, -0.15) is 0 Å². The molecule has 0 radical (unpaired) electrons. The summed E-state index contributed by atoms with van der Waals surface area (Å²) in [5, 5.41) is 1.80. The SMILES string of the molecule is COCC(=O)CS(=O)(=O)c1ccc2ccccc2c1. The van der Waals surface area contributed by atoms with Crippen molar-refractivity contribution >= 4 is 26.4 Å². The summed E-state index contributed by atoms with van der Waals surface area (Å²) >= 11 is 0. The van der Waals surface area contributed by atoms with Crippen molar-refractivity contribution in [2.24, 2.45) is 0 Å². The maximum Gasteiger partial charge on any atom is 0.185 e. The minimum absolute atomic E-state index is 0.163. The number of hydrogen-bond acceptors (Lipinski definition) is 4. The summed E-state index contributed by atoms with van der Waals surface area (Å²) in [5.74, 6) is -0.977. The van der Waals surface area contributed by atoms with Crippen LogP contribution in [0.3, 0.4) is 0 Å². The lowest BCUT2D eigenvalue weighted by molar-refractivity contribution is -0.120. The molecule has 4 nitrogen and oxygen atoms in total. The second kappa shape index (κ2) is 5.50. The number of methoxy groups -OCH3 is 1. The Morgan fingerprint density at radius 3 is 2.47 bits per heavy atom. The first-order chi connectivity index (χ1) is 9.03. The number of hydrogen-bond donors (Lipinski definition) is 0. The summed E-state index contributed by atoms with van der Waals surface area (Å²) < 4.78 is 28.8. The van der Waals surface area contributed by atoms with Gasteiger partial charge in [0.15, 0.2) is 15.6 Å². The number of sulfone groups is 1. The highest BCUT2D eigenvalue weighted by molar-refractivity contribution is 7.92. The van der Waals surface area contributed by atoms with Crippen LogP contribution < -0.4 is 0 Å². The molecule has 2 rings (SSSR count). The molecule has 0 aliphatic heterocycles. The lowest BCUT2D eigenvalue weighted by Gasteiger charge is -2.05. The highest BCUT2D eigenvalue weighted by atomic mass is 32.2. The van der Waals surface area contributed by atoms with Crippen LogP contribution in [0, 0.1) is 0 Å². The van der Waals surface area contributed by atoms with Crippen LogP contribution >= 0.6 is 0 Å². The summed E-state index contributed by atoms with van der Waals surface area (Å²) in [5.41, 5.74) is 0. The first kappa shape index (κ1) is 13.7. The van der Waals surface area contributed by atoms with Gasteiger partial charge in [-0.1, -0.05) is 30.3 Å². The van der Waals surface area contributed by atoms with Crippen LogP contribution in [0.25, 0.3) is 10.8 Å². The fourth-order valence-corrected chi connectivity index (χ4v) is 3.11. The van der Waals surface area contributed by atoms with Crippen LogP contribution in [0.1, 0.15) is 0 Å². The molecule has 0 heterocycles. The number of ether oxygens (including phenoxy) is 1.